The van der Waals surface area contributed by atoms with Crippen molar-refractivity contribution in [3.63, 3.8) is 0 Å². The van der Waals surface area contributed by atoms with Gasteiger partial charge in [0, 0.05) is 0 Å². The topological polar surface area (TPSA) is 26.3 Å². The Balaban J connectivity index is 4.11. The molecule has 0 spiro atoms. The van der Waals surface area contributed by atoms with Crippen LogP contribution in [-0.4, -0.2) is 88.6 Å². The van der Waals surface area contributed by atoms with E-state index < -0.39 is 94.9 Å². The molecule has 1 saturated carbocycles. The molecular formula is C17H3F27O2. The summed E-state index contributed by atoms with van der Waals surface area (Å²) < 4.78 is 367. The molecule has 1 atom stereocenters. The molecule has 0 bridgehead atoms. The third kappa shape index (κ3) is 3.96. The smallest absolute Gasteiger partial charge is 0.432 e. The summed E-state index contributed by atoms with van der Waals surface area (Å²) in [5.41, 5.74) is -16.0. The van der Waals surface area contributed by atoms with Crippen LogP contribution in [0, 0.1) is 0 Å². The number of halogens is 27. The third-order valence-electron chi connectivity index (χ3n) is 6.09. The number of ether oxygens (including phenoxy) is 1. The maximum absolute atomic E-state index is 14.8. The zero-order valence-corrected chi connectivity index (χ0v) is 19.8. The number of carbonyl (C=O) groups excluding carboxylic acids is 1. The molecule has 0 aromatic rings. The maximum Gasteiger partial charge on any atom is 0.460 e. The van der Waals surface area contributed by atoms with Gasteiger partial charge in [-0.15, -0.1) is 0 Å². The third-order valence-corrected chi connectivity index (χ3v) is 6.09. The van der Waals surface area contributed by atoms with Crippen LogP contribution in [0.25, 0.3) is 0 Å². The van der Waals surface area contributed by atoms with Crippen LogP contribution in [0.15, 0.2) is 12.8 Å². The minimum Gasteiger partial charge on any atom is -0.432 e. The fourth-order valence-electron chi connectivity index (χ4n) is 3.24. The van der Waals surface area contributed by atoms with Gasteiger partial charge in [0.2, 0.25) is 0 Å². The lowest BCUT2D eigenvalue weighted by atomic mass is 9.79. The largest absolute Gasteiger partial charge is 0.460 e. The number of hydrogen-bond acceptors (Lipinski definition) is 2. The summed E-state index contributed by atoms with van der Waals surface area (Å²) >= 11 is 0. The number of alkyl halides is 27. The number of esters is 1. The maximum atomic E-state index is 14.8. The van der Waals surface area contributed by atoms with E-state index in [-0.39, 0.29) is 0 Å². The van der Waals surface area contributed by atoms with Crippen molar-refractivity contribution in [3.8, 4) is 0 Å². The second-order valence-corrected chi connectivity index (χ2v) is 8.71. The Hall–Kier alpha value is -2.68. The van der Waals surface area contributed by atoms with Crippen molar-refractivity contribution in [2.24, 2.45) is 0 Å². The first-order valence-corrected chi connectivity index (χ1v) is 9.90. The fraction of sp³-hybridized carbons (Fsp3) is 0.824. The molecule has 0 amide bonds. The normalized spacial score (nSPS) is 21.4. The number of rotatable bonds is 12. The summed E-state index contributed by atoms with van der Waals surface area (Å²) in [6.45, 7) is 2.01. The standard InChI is InChI=1S/C17H3F27O2/c1-2-46-3(45)4(18,5(19)7(22,23)8(5,24)25)6(20,21)9(26,27)10(28,29)11(30,31)12(32,33)13(34,35)14(36,37)15(38,39)16(40,41)17(42,43)44/h2H,1H2. The van der Waals surface area contributed by atoms with Gasteiger partial charge in [0.1, 0.15) is 0 Å². The van der Waals surface area contributed by atoms with Crippen molar-refractivity contribution in [3.05, 3.63) is 12.8 Å². The highest BCUT2D eigenvalue weighted by atomic mass is 19.4. The average Bonchev–Trinajstić information content (AvgIpc) is 3.17. The quantitative estimate of drug-likeness (QED) is 0.113. The van der Waals surface area contributed by atoms with E-state index in [0.717, 1.165) is 0 Å². The van der Waals surface area contributed by atoms with Crippen LogP contribution in [-0.2, 0) is 9.53 Å². The van der Waals surface area contributed by atoms with Crippen molar-refractivity contribution < 1.29 is 128 Å². The van der Waals surface area contributed by atoms with Gasteiger partial charge in [0.05, 0.1) is 6.26 Å². The predicted octanol–water partition coefficient (Wildman–Crippen LogP) is 8.65. The van der Waals surface area contributed by atoms with Crippen LogP contribution in [0.1, 0.15) is 0 Å². The Morgan fingerprint density at radius 3 is 0.848 bits per heavy atom. The highest BCUT2D eigenvalue weighted by Crippen LogP contribution is 2.77. The van der Waals surface area contributed by atoms with Crippen LogP contribution in [0.2, 0.25) is 0 Å². The molecule has 272 valence electrons. The van der Waals surface area contributed by atoms with Gasteiger partial charge in [-0.1, -0.05) is 6.58 Å². The van der Waals surface area contributed by atoms with E-state index in [1.54, 1.807) is 0 Å². The predicted molar refractivity (Wildman–Crippen MR) is 84.4 cm³/mol. The van der Waals surface area contributed by atoms with E-state index >= 15 is 0 Å². The highest BCUT2D eigenvalue weighted by molar-refractivity contribution is 5.86. The molecule has 29 heteroatoms. The van der Waals surface area contributed by atoms with E-state index in [9.17, 15) is 123 Å². The van der Waals surface area contributed by atoms with Gasteiger partial charge >= 0.3 is 83.0 Å². The monoisotopic (exact) mass is 752 g/mol. The molecule has 1 fully saturated rings. The van der Waals surface area contributed by atoms with E-state index in [1.165, 1.54) is 0 Å². The van der Waals surface area contributed by atoms with Crippen molar-refractivity contribution >= 4 is 5.97 Å². The highest BCUT2D eigenvalue weighted by Gasteiger charge is 3.12. The van der Waals surface area contributed by atoms with Crippen LogP contribution in [0.5, 0.6) is 0 Å². The first-order chi connectivity index (χ1) is 19.5. The second-order valence-electron chi connectivity index (χ2n) is 8.71. The van der Waals surface area contributed by atoms with Crippen molar-refractivity contribution in [2.75, 3.05) is 0 Å². The zero-order chi connectivity index (χ0) is 38.0. The molecular weight excluding hydrogens is 749 g/mol. The molecule has 0 heterocycles. The Kier molecular flexibility index (Phi) is 8.72. The summed E-state index contributed by atoms with van der Waals surface area (Å²) in [4.78, 5) is 11.3. The van der Waals surface area contributed by atoms with E-state index in [4.69, 9.17) is 0 Å². The Bertz CT molecular complexity index is 1210. The molecule has 0 aromatic heterocycles. The first kappa shape index (κ1) is 41.3. The second kappa shape index (κ2) is 9.70. The average molecular weight is 752 g/mol. The molecule has 1 aliphatic rings. The van der Waals surface area contributed by atoms with Gasteiger partial charge in [0.15, 0.2) is 0 Å². The summed E-state index contributed by atoms with van der Waals surface area (Å²) in [6.07, 6.45) is -9.25. The first-order valence-electron chi connectivity index (χ1n) is 9.90. The fourth-order valence-corrected chi connectivity index (χ4v) is 3.24. The minimum atomic E-state index is -9.81. The molecule has 1 rings (SSSR count). The Morgan fingerprint density at radius 1 is 0.435 bits per heavy atom. The van der Waals surface area contributed by atoms with Crippen molar-refractivity contribution in [1.29, 1.82) is 0 Å². The lowest BCUT2D eigenvalue weighted by Crippen LogP contribution is -2.79. The van der Waals surface area contributed by atoms with Gasteiger partial charge < -0.3 is 4.74 Å². The molecule has 1 aliphatic carbocycles. The van der Waals surface area contributed by atoms with Crippen LogP contribution in [0.4, 0.5) is 119 Å². The van der Waals surface area contributed by atoms with Gasteiger partial charge in [-0.2, -0.15) is 110 Å². The molecule has 0 aromatic carbocycles. The Labute approximate surface area is 231 Å². The van der Waals surface area contributed by atoms with Crippen LogP contribution in [0.3, 0.4) is 0 Å². The molecule has 46 heavy (non-hydrogen) atoms. The number of hydrogen-bond donors (Lipinski definition) is 0. The summed E-state index contributed by atoms with van der Waals surface area (Å²) in [7, 11) is 0. The van der Waals surface area contributed by atoms with Crippen LogP contribution >= 0.6 is 0 Å². The van der Waals surface area contributed by atoms with Gasteiger partial charge in [-0.3, -0.25) is 0 Å². The van der Waals surface area contributed by atoms with Crippen molar-refractivity contribution in [1.82, 2.24) is 0 Å². The van der Waals surface area contributed by atoms with Crippen molar-refractivity contribution in [2.45, 2.75) is 82.7 Å². The Morgan fingerprint density at radius 2 is 0.652 bits per heavy atom. The molecule has 2 nitrogen and oxygen atoms in total. The lowest BCUT2D eigenvalue weighted by Gasteiger charge is -2.46. The van der Waals surface area contributed by atoms with E-state index in [2.05, 4.69) is 4.74 Å². The molecule has 0 N–H and O–H groups in total. The van der Waals surface area contributed by atoms with Gasteiger partial charge in [0.25, 0.3) is 5.67 Å². The molecule has 0 saturated heterocycles. The lowest BCUT2D eigenvalue weighted by molar-refractivity contribution is -0.477. The molecule has 1 unspecified atom stereocenters. The van der Waals surface area contributed by atoms with Gasteiger partial charge in [-0.25, -0.2) is 13.6 Å². The number of carbonyl (C=O) groups is 1. The van der Waals surface area contributed by atoms with E-state index in [0.29, 0.717) is 0 Å². The summed E-state index contributed by atoms with van der Waals surface area (Å²) in [5.74, 6) is -105. The van der Waals surface area contributed by atoms with E-state index in [1.807, 2.05) is 6.58 Å². The minimum absolute atomic E-state index is 0.993. The SMILES string of the molecule is C=COC(=O)C(F)(C(F)(F)C(F)(F)C(F)(F)C(F)(F)C(F)(F)C(F)(F)C(F)(F)C(F)(F)C(F)(F)C(F)(F)F)C1(F)C(F)(F)C1(F)F. The van der Waals surface area contributed by atoms with Crippen LogP contribution < -0.4 is 0 Å². The van der Waals surface area contributed by atoms with Gasteiger partial charge in [-0.05, 0) is 0 Å². The summed E-state index contributed by atoms with van der Waals surface area (Å²) in [5, 5.41) is 0. The molecule has 0 radical (unpaired) electrons. The summed E-state index contributed by atoms with van der Waals surface area (Å²) in [6, 6.07) is 0. The molecule has 0 aliphatic heterocycles. The zero-order valence-electron chi connectivity index (χ0n) is 19.8.